The Bertz CT molecular complexity index is 492. The van der Waals surface area contributed by atoms with E-state index in [1.807, 2.05) is 0 Å². The predicted molar refractivity (Wildman–Crippen MR) is 66.5 cm³/mol. The summed E-state index contributed by atoms with van der Waals surface area (Å²) in [5.74, 6) is 0.667. The van der Waals surface area contributed by atoms with Crippen LogP contribution in [0.3, 0.4) is 0 Å². The molecule has 0 aliphatic carbocycles. The Labute approximate surface area is 106 Å². The maximum absolute atomic E-state index is 11.4. The Kier molecular flexibility index (Phi) is 3.47. The standard InChI is InChI=1S/C10H16ClN3O2S/c1-14-10(8(11)5-13-14)9(12)4-7-2-3-17(15,16)6-7/h5,7,9H,2-4,6,12H2,1H3. The molecule has 2 unspecified atom stereocenters. The monoisotopic (exact) mass is 277 g/mol. The van der Waals surface area contributed by atoms with E-state index in [4.69, 9.17) is 17.3 Å². The zero-order valence-corrected chi connectivity index (χ0v) is 11.2. The van der Waals surface area contributed by atoms with Gasteiger partial charge in [0.1, 0.15) is 0 Å². The van der Waals surface area contributed by atoms with Crippen molar-refractivity contribution in [2.75, 3.05) is 11.5 Å². The second-order valence-electron chi connectivity index (χ2n) is 4.61. The van der Waals surface area contributed by atoms with Crippen LogP contribution in [0.15, 0.2) is 6.20 Å². The molecular formula is C10H16ClN3O2S. The van der Waals surface area contributed by atoms with Gasteiger partial charge in [0, 0.05) is 13.1 Å². The fourth-order valence-corrected chi connectivity index (χ4v) is 4.55. The molecule has 0 amide bonds. The minimum absolute atomic E-state index is 0.140. The molecule has 2 atom stereocenters. The van der Waals surface area contributed by atoms with E-state index < -0.39 is 9.84 Å². The van der Waals surface area contributed by atoms with Crippen LogP contribution in [0.2, 0.25) is 5.02 Å². The van der Waals surface area contributed by atoms with Gasteiger partial charge in [-0.25, -0.2) is 8.42 Å². The lowest BCUT2D eigenvalue weighted by atomic mass is 9.98. The molecule has 1 aliphatic heterocycles. The Morgan fingerprint density at radius 1 is 1.71 bits per heavy atom. The Balaban J connectivity index is 2.06. The normalized spacial score (nSPS) is 25.0. The smallest absolute Gasteiger partial charge is 0.150 e. The fourth-order valence-electron chi connectivity index (χ4n) is 2.37. The molecule has 0 spiro atoms. The van der Waals surface area contributed by atoms with Gasteiger partial charge >= 0.3 is 0 Å². The zero-order chi connectivity index (χ0) is 12.6. The van der Waals surface area contributed by atoms with Gasteiger partial charge in [0.25, 0.3) is 0 Å². The topological polar surface area (TPSA) is 78.0 Å². The third-order valence-corrected chi connectivity index (χ3v) is 5.33. The number of nitrogens with zero attached hydrogens (tertiary/aromatic N) is 2. The van der Waals surface area contributed by atoms with Crippen LogP contribution in [0.5, 0.6) is 0 Å². The van der Waals surface area contributed by atoms with Gasteiger partial charge in [-0.2, -0.15) is 5.10 Å². The largest absolute Gasteiger partial charge is 0.323 e. The average molecular weight is 278 g/mol. The van der Waals surface area contributed by atoms with E-state index in [1.54, 1.807) is 17.9 Å². The second kappa shape index (κ2) is 4.59. The summed E-state index contributed by atoms with van der Waals surface area (Å²) in [7, 11) is -1.06. The number of halogens is 1. The minimum Gasteiger partial charge on any atom is -0.323 e. The molecule has 0 radical (unpaired) electrons. The lowest BCUT2D eigenvalue weighted by Crippen LogP contribution is -2.19. The molecule has 1 saturated heterocycles. The van der Waals surface area contributed by atoms with E-state index in [0.29, 0.717) is 17.9 Å². The Morgan fingerprint density at radius 3 is 2.88 bits per heavy atom. The highest BCUT2D eigenvalue weighted by Gasteiger charge is 2.30. The summed E-state index contributed by atoms with van der Waals surface area (Å²) >= 11 is 6.00. The number of aryl methyl sites for hydroxylation is 1. The molecule has 0 bridgehead atoms. The van der Waals surface area contributed by atoms with Gasteiger partial charge in [0.05, 0.1) is 28.4 Å². The molecule has 0 saturated carbocycles. The van der Waals surface area contributed by atoms with Crippen molar-refractivity contribution in [1.82, 2.24) is 9.78 Å². The van der Waals surface area contributed by atoms with E-state index in [-0.39, 0.29) is 23.5 Å². The van der Waals surface area contributed by atoms with Crippen LogP contribution in [-0.2, 0) is 16.9 Å². The van der Waals surface area contributed by atoms with Gasteiger partial charge in [-0.15, -0.1) is 0 Å². The van der Waals surface area contributed by atoms with E-state index in [2.05, 4.69) is 5.10 Å². The van der Waals surface area contributed by atoms with E-state index >= 15 is 0 Å². The summed E-state index contributed by atoms with van der Waals surface area (Å²) in [6, 6.07) is -0.256. The third-order valence-electron chi connectivity index (χ3n) is 3.20. The molecule has 5 nitrogen and oxygen atoms in total. The summed E-state index contributed by atoms with van der Waals surface area (Å²) in [5.41, 5.74) is 6.84. The van der Waals surface area contributed by atoms with E-state index in [9.17, 15) is 8.42 Å². The van der Waals surface area contributed by atoms with Gasteiger partial charge in [0.15, 0.2) is 9.84 Å². The summed E-state index contributed by atoms with van der Waals surface area (Å²) in [4.78, 5) is 0. The molecular weight excluding hydrogens is 262 g/mol. The highest BCUT2D eigenvalue weighted by molar-refractivity contribution is 7.91. The van der Waals surface area contributed by atoms with Crippen molar-refractivity contribution in [3.8, 4) is 0 Å². The zero-order valence-electron chi connectivity index (χ0n) is 9.63. The summed E-state index contributed by atoms with van der Waals surface area (Å²) in [6.45, 7) is 0. The third kappa shape index (κ3) is 2.81. The molecule has 2 rings (SSSR count). The first-order valence-corrected chi connectivity index (χ1v) is 7.72. The number of nitrogens with two attached hydrogens (primary N) is 1. The second-order valence-corrected chi connectivity index (χ2v) is 7.25. The Hall–Kier alpha value is -0.590. The van der Waals surface area contributed by atoms with Crippen LogP contribution >= 0.6 is 11.6 Å². The number of aromatic nitrogens is 2. The van der Waals surface area contributed by atoms with Crippen molar-refractivity contribution >= 4 is 21.4 Å². The van der Waals surface area contributed by atoms with Crippen LogP contribution in [0.25, 0.3) is 0 Å². The first kappa shape index (κ1) is 12.9. The van der Waals surface area contributed by atoms with Crippen molar-refractivity contribution in [3.63, 3.8) is 0 Å². The van der Waals surface area contributed by atoms with Gasteiger partial charge in [0.2, 0.25) is 0 Å². The first-order chi connectivity index (χ1) is 7.89. The number of hydrogen-bond donors (Lipinski definition) is 1. The van der Waals surface area contributed by atoms with Crippen LogP contribution in [0.4, 0.5) is 0 Å². The van der Waals surface area contributed by atoms with Gasteiger partial charge in [-0.05, 0) is 18.8 Å². The van der Waals surface area contributed by atoms with Crippen LogP contribution < -0.4 is 5.73 Å². The molecule has 1 fully saturated rings. The lowest BCUT2D eigenvalue weighted by molar-refractivity contribution is 0.463. The van der Waals surface area contributed by atoms with Crippen molar-refractivity contribution in [2.24, 2.45) is 18.7 Å². The summed E-state index contributed by atoms with van der Waals surface area (Å²) in [5, 5.41) is 4.57. The van der Waals surface area contributed by atoms with E-state index in [1.165, 1.54) is 0 Å². The van der Waals surface area contributed by atoms with Crippen molar-refractivity contribution in [2.45, 2.75) is 18.9 Å². The molecule has 17 heavy (non-hydrogen) atoms. The van der Waals surface area contributed by atoms with Crippen LogP contribution in [0.1, 0.15) is 24.6 Å². The Morgan fingerprint density at radius 2 is 2.41 bits per heavy atom. The molecule has 1 aromatic rings. The highest BCUT2D eigenvalue weighted by Crippen LogP contribution is 2.30. The SMILES string of the molecule is Cn1ncc(Cl)c1C(N)CC1CCS(=O)(=O)C1. The maximum Gasteiger partial charge on any atom is 0.150 e. The molecule has 1 aliphatic rings. The number of hydrogen-bond acceptors (Lipinski definition) is 4. The average Bonchev–Trinajstić information content (AvgIpc) is 2.70. The summed E-state index contributed by atoms with van der Waals surface area (Å²) < 4.78 is 24.4. The number of sulfone groups is 1. The molecule has 7 heteroatoms. The fraction of sp³-hybridized carbons (Fsp3) is 0.700. The van der Waals surface area contributed by atoms with Crippen LogP contribution in [-0.4, -0.2) is 29.7 Å². The maximum atomic E-state index is 11.4. The van der Waals surface area contributed by atoms with Crippen LogP contribution in [0, 0.1) is 5.92 Å². The predicted octanol–water partition coefficient (Wildman–Crippen LogP) is 0.898. The van der Waals surface area contributed by atoms with E-state index in [0.717, 1.165) is 5.69 Å². The molecule has 96 valence electrons. The molecule has 2 N–H and O–H groups in total. The molecule has 2 heterocycles. The van der Waals surface area contributed by atoms with Crippen molar-refractivity contribution in [1.29, 1.82) is 0 Å². The van der Waals surface area contributed by atoms with Gasteiger partial charge in [-0.1, -0.05) is 11.6 Å². The molecule has 0 aromatic carbocycles. The van der Waals surface area contributed by atoms with Crippen molar-refractivity contribution in [3.05, 3.63) is 16.9 Å². The quantitative estimate of drug-likeness (QED) is 0.890. The minimum atomic E-state index is -2.84. The van der Waals surface area contributed by atoms with Crippen molar-refractivity contribution < 1.29 is 8.42 Å². The van der Waals surface area contributed by atoms with Gasteiger partial charge in [-0.3, -0.25) is 4.68 Å². The first-order valence-electron chi connectivity index (χ1n) is 5.52. The summed E-state index contributed by atoms with van der Waals surface area (Å²) in [6.07, 6.45) is 2.89. The lowest BCUT2D eigenvalue weighted by Gasteiger charge is -2.16. The highest BCUT2D eigenvalue weighted by atomic mass is 35.5. The molecule has 1 aromatic heterocycles. The van der Waals surface area contributed by atoms with Gasteiger partial charge < -0.3 is 5.73 Å². The number of rotatable bonds is 3.